The van der Waals surface area contributed by atoms with Crippen molar-refractivity contribution in [2.24, 2.45) is 0 Å². The number of Topliss-reactive ketones (excluding diaryl/α,β-unsaturated/α-hetero) is 1. The second-order valence-corrected chi connectivity index (χ2v) is 7.67. The molecule has 0 aliphatic heterocycles. The number of methoxy groups -OCH3 is 1. The first kappa shape index (κ1) is 22.1. The van der Waals surface area contributed by atoms with Crippen molar-refractivity contribution >= 4 is 22.7 Å². The van der Waals surface area contributed by atoms with Crippen molar-refractivity contribution < 1.29 is 23.5 Å². The molecule has 1 heterocycles. The number of halogens is 1. The second-order valence-electron chi connectivity index (χ2n) is 7.67. The minimum absolute atomic E-state index is 0.143. The number of aromatic nitrogens is 1. The van der Waals surface area contributed by atoms with Crippen molar-refractivity contribution in [1.29, 1.82) is 0 Å². The van der Waals surface area contributed by atoms with Crippen molar-refractivity contribution in [2.75, 3.05) is 7.11 Å². The highest BCUT2D eigenvalue weighted by molar-refractivity contribution is 6.11. The molecule has 3 aromatic carbocycles. The maximum atomic E-state index is 13.2. The summed E-state index contributed by atoms with van der Waals surface area (Å²) in [5.74, 6) is -0.857. The maximum absolute atomic E-state index is 13.2. The van der Waals surface area contributed by atoms with Crippen LogP contribution in [0, 0.1) is 5.82 Å². The van der Waals surface area contributed by atoms with Crippen LogP contribution in [-0.2, 0) is 17.8 Å². The van der Waals surface area contributed by atoms with Gasteiger partial charge in [0, 0.05) is 17.1 Å². The lowest BCUT2D eigenvalue weighted by Crippen LogP contribution is -2.10. The normalized spacial score (nSPS) is 10.8. The van der Waals surface area contributed by atoms with E-state index in [4.69, 9.17) is 9.47 Å². The highest BCUT2D eigenvalue weighted by atomic mass is 19.1. The summed E-state index contributed by atoms with van der Waals surface area (Å²) < 4.78 is 24.2. The number of hydrogen-bond donors (Lipinski definition) is 0. The molecule has 0 fully saturated rings. The summed E-state index contributed by atoms with van der Waals surface area (Å²) in [6.45, 7) is 1.66. The van der Waals surface area contributed by atoms with Crippen LogP contribution in [0.2, 0.25) is 0 Å². The Morgan fingerprint density at radius 3 is 2.30 bits per heavy atom. The van der Waals surface area contributed by atoms with Gasteiger partial charge in [-0.25, -0.2) is 9.18 Å². The molecule has 0 saturated carbocycles. The number of ketones is 1. The number of fused-ring (bicyclic) bond motifs is 1. The number of carbonyl (C=O) groups excluding carboxylic acids is 2. The quantitative estimate of drug-likeness (QED) is 0.277. The molecule has 5 nitrogen and oxygen atoms in total. The molecule has 6 heteroatoms. The van der Waals surface area contributed by atoms with E-state index in [0.29, 0.717) is 22.9 Å². The second kappa shape index (κ2) is 9.61. The summed E-state index contributed by atoms with van der Waals surface area (Å²) in [7, 11) is 1.28. The first-order valence-corrected chi connectivity index (χ1v) is 10.4. The Balaban J connectivity index is 1.82. The lowest BCUT2D eigenvalue weighted by atomic mass is 9.97. The van der Waals surface area contributed by atoms with Gasteiger partial charge in [0.1, 0.15) is 23.5 Å². The molecule has 1 aromatic heterocycles. The number of benzene rings is 3. The van der Waals surface area contributed by atoms with E-state index in [1.54, 1.807) is 18.3 Å². The monoisotopic (exact) mass is 443 g/mol. The lowest BCUT2D eigenvalue weighted by molar-refractivity contribution is 0.0596. The van der Waals surface area contributed by atoms with Crippen LogP contribution in [0.3, 0.4) is 0 Å². The molecule has 0 aliphatic carbocycles. The van der Waals surface area contributed by atoms with Gasteiger partial charge in [-0.1, -0.05) is 42.5 Å². The predicted octanol–water partition coefficient (Wildman–Crippen LogP) is 5.53. The van der Waals surface area contributed by atoms with Crippen molar-refractivity contribution in [1.82, 2.24) is 4.98 Å². The van der Waals surface area contributed by atoms with Gasteiger partial charge in [-0.15, -0.1) is 0 Å². The molecule has 0 spiro atoms. The van der Waals surface area contributed by atoms with Gasteiger partial charge < -0.3 is 9.47 Å². The van der Waals surface area contributed by atoms with Crippen LogP contribution < -0.4 is 4.74 Å². The topological polar surface area (TPSA) is 65.5 Å². The molecule has 33 heavy (non-hydrogen) atoms. The summed E-state index contributed by atoms with van der Waals surface area (Å²) >= 11 is 0. The predicted molar refractivity (Wildman–Crippen MR) is 123 cm³/mol. The summed E-state index contributed by atoms with van der Waals surface area (Å²) in [4.78, 5) is 29.6. The Bertz CT molecular complexity index is 1320. The standard InChI is InChI=1S/C27H22FNO4/c1-17(30)22-14-24(27(31)32-2)26(33-16-19-6-4-3-5-7-19)25-23(22)13-20(15-29-25)12-18-8-10-21(28)11-9-18/h3-11,13-15H,12,16H2,1-2H3. The van der Waals surface area contributed by atoms with E-state index in [-0.39, 0.29) is 29.5 Å². The van der Waals surface area contributed by atoms with Gasteiger partial charge in [-0.3, -0.25) is 9.78 Å². The third kappa shape index (κ3) is 4.90. The molecule has 0 amide bonds. The number of hydrogen-bond acceptors (Lipinski definition) is 5. The minimum atomic E-state index is -0.611. The van der Waals surface area contributed by atoms with Gasteiger partial charge in [0.2, 0.25) is 0 Å². The summed E-state index contributed by atoms with van der Waals surface area (Å²) in [5, 5.41) is 0.581. The van der Waals surface area contributed by atoms with Crippen LogP contribution in [0.5, 0.6) is 5.75 Å². The fourth-order valence-electron chi connectivity index (χ4n) is 3.67. The molecule has 0 atom stereocenters. The minimum Gasteiger partial charge on any atom is -0.486 e. The molecular formula is C27H22FNO4. The van der Waals surface area contributed by atoms with E-state index in [1.807, 2.05) is 36.4 Å². The SMILES string of the molecule is COC(=O)c1cc(C(C)=O)c2cc(Cc3ccc(F)cc3)cnc2c1OCc1ccccc1. The molecule has 166 valence electrons. The largest absolute Gasteiger partial charge is 0.486 e. The maximum Gasteiger partial charge on any atom is 0.341 e. The average molecular weight is 443 g/mol. The Labute approximate surface area is 190 Å². The molecule has 0 unspecified atom stereocenters. The zero-order chi connectivity index (χ0) is 23.4. The van der Waals surface area contributed by atoms with Gasteiger partial charge in [-0.05, 0) is 54.3 Å². The number of nitrogens with zero attached hydrogens (tertiary/aromatic N) is 1. The zero-order valence-corrected chi connectivity index (χ0v) is 18.3. The van der Waals surface area contributed by atoms with Crippen LogP contribution in [0.1, 0.15) is 44.3 Å². The average Bonchev–Trinajstić information content (AvgIpc) is 2.83. The number of rotatable bonds is 7. The van der Waals surface area contributed by atoms with E-state index in [2.05, 4.69) is 4.98 Å². The Hall–Kier alpha value is -4.06. The van der Waals surface area contributed by atoms with E-state index < -0.39 is 5.97 Å². The molecule has 0 aliphatic rings. The Morgan fingerprint density at radius 1 is 0.909 bits per heavy atom. The van der Waals surface area contributed by atoms with Gasteiger partial charge in [-0.2, -0.15) is 0 Å². The molecule has 4 aromatic rings. The van der Waals surface area contributed by atoms with Gasteiger partial charge >= 0.3 is 5.97 Å². The Kier molecular flexibility index (Phi) is 6.45. The fourth-order valence-corrected chi connectivity index (χ4v) is 3.67. The Morgan fingerprint density at radius 2 is 1.64 bits per heavy atom. The number of pyridine rings is 1. The first-order valence-electron chi connectivity index (χ1n) is 10.4. The van der Waals surface area contributed by atoms with E-state index in [0.717, 1.165) is 16.7 Å². The number of carbonyl (C=O) groups is 2. The van der Waals surface area contributed by atoms with Crippen molar-refractivity contribution in [3.63, 3.8) is 0 Å². The van der Waals surface area contributed by atoms with Gasteiger partial charge in [0.25, 0.3) is 0 Å². The van der Waals surface area contributed by atoms with Crippen molar-refractivity contribution in [2.45, 2.75) is 20.0 Å². The van der Waals surface area contributed by atoms with Gasteiger partial charge in [0.05, 0.1) is 7.11 Å². The van der Waals surface area contributed by atoms with Crippen molar-refractivity contribution in [3.8, 4) is 5.75 Å². The summed E-state index contributed by atoms with van der Waals surface area (Å²) in [5.41, 5.74) is 3.58. The fraction of sp³-hybridized carbons (Fsp3) is 0.148. The summed E-state index contributed by atoms with van der Waals surface area (Å²) in [6, 6.07) is 19.1. The van der Waals surface area contributed by atoms with Gasteiger partial charge in [0.15, 0.2) is 11.5 Å². The van der Waals surface area contributed by atoms with E-state index in [9.17, 15) is 14.0 Å². The number of ether oxygens (including phenoxy) is 2. The summed E-state index contributed by atoms with van der Waals surface area (Å²) in [6.07, 6.45) is 2.19. The van der Waals surface area contributed by atoms with E-state index in [1.165, 1.54) is 32.2 Å². The molecule has 0 N–H and O–H groups in total. The highest BCUT2D eigenvalue weighted by Gasteiger charge is 2.22. The molecule has 4 rings (SSSR count). The van der Waals surface area contributed by atoms with E-state index >= 15 is 0 Å². The van der Waals surface area contributed by atoms with Crippen LogP contribution in [0.15, 0.2) is 72.9 Å². The van der Waals surface area contributed by atoms with Crippen LogP contribution >= 0.6 is 0 Å². The molecular weight excluding hydrogens is 421 g/mol. The van der Waals surface area contributed by atoms with Crippen molar-refractivity contribution in [3.05, 3.63) is 107 Å². The smallest absolute Gasteiger partial charge is 0.341 e. The molecule has 0 radical (unpaired) electrons. The van der Waals surface area contributed by atoms with Crippen LogP contribution in [0.4, 0.5) is 4.39 Å². The molecule has 0 bridgehead atoms. The zero-order valence-electron chi connectivity index (χ0n) is 18.3. The lowest BCUT2D eigenvalue weighted by Gasteiger charge is -2.16. The first-order chi connectivity index (χ1) is 16.0. The van der Waals surface area contributed by atoms with Crippen LogP contribution in [-0.4, -0.2) is 23.8 Å². The third-order valence-corrected chi connectivity index (χ3v) is 5.31. The third-order valence-electron chi connectivity index (χ3n) is 5.31. The highest BCUT2D eigenvalue weighted by Crippen LogP contribution is 2.34. The molecule has 0 saturated heterocycles. The van der Waals surface area contributed by atoms with Crippen LogP contribution in [0.25, 0.3) is 10.9 Å². The number of esters is 1.